The lowest BCUT2D eigenvalue weighted by Gasteiger charge is -2.41. The van der Waals surface area contributed by atoms with Gasteiger partial charge < -0.3 is 4.90 Å². The average molecular weight is 393 g/mol. The largest absolute Gasteiger partial charge is 0.309 e. The van der Waals surface area contributed by atoms with Crippen molar-refractivity contribution in [1.82, 2.24) is 14.8 Å². The molecule has 2 aliphatic rings. The van der Waals surface area contributed by atoms with Crippen molar-refractivity contribution in [2.45, 2.75) is 45.2 Å². The van der Waals surface area contributed by atoms with Crippen LogP contribution in [0.25, 0.3) is 0 Å². The Kier molecular flexibility index (Phi) is 5.97. The molecule has 4 rings (SSSR count). The van der Waals surface area contributed by atoms with Crippen molar-refractivity contribution in [3.8, 4) is 0 Å². The van der Waals surface area contributed by atoms with Crippen LogP contribution in [0.3, 0.4) is 0 Å². The molecule has 1 aliphatic carbocycles. The topological polar surface area (TPSA) is 39.7 Å². The number of hydrogen-bond acceptors (Lipinski definition) is 4. The number of carbonyl (C=O) groups is 1. The third kappa shape index (κ3) is 4.51. The number of piperazine rings is 1. The molecule has 0 atom stereocenters. The minimum Gasteiger partial charge on any atom is -0.309 e. The minimum atomic E-state index is 0.145. The molecular weight excluding hydrogens is 360 g/mol. The predicted octanol–water partition coefficient (Wildman–Crippen LogP) is 3.48. The molecule has 1 aliphatic heterocycles. The van der Waals surface area contributed by atoms with Crippen LogP contribution in [-0.4, -0.2) is 59.0 Å². The number of aryl methyl sites for hydroxylation is 1. The molecule has 2 fully saturated rings. The van der Waals surface area contributed by atoms with Gasteiger partial charge >= 0.3 is 0 Å². The maximum absolute atomic E-state index is 12.8. The third-order valence-corrected chi connectivity index (χ3v) is 6.45. The van der Waals surface area contributed by atoms with Gasteiger partial charge in [-0.3, -0.25) is 19.6 Å². The summed E-state index contributed by atoms with van der Waals surface area (Å²) in [5.41, 5.74) is 3.42. The number of aromatic nitrogens is 1. The maximum Gasteiger partial charge on any atom is 0.226 e. The summed E-state index contributed by atoms with van der Waals surface area (Å²) in [6.45, 7) is 10.1. The summed E-state index contributed by atoms with van der Waals surface area (Å²) in [7, 11) is 0. The van der Waals surface area contributed by atoms with Gasteiger partial charge in [0.05, 0.1) is 11.4 Å². The zero-order valence-corrected chi connectivity index (χ0v) is 17.7. The van der Waals surface area contributed by atoms with Crippen molar-refractivity contribution in [1.29, 1.82) is 0 Å². The van der Waals surface area contributed by atoms with Crippen molar-refractivity contribution >= 4 is 11.6 Å². The highest BCUT2D eigenvalue weighted by Gasteiger charge is 2.50. The highest BCUT2D eigenvalue weighted by atomic mass is 16.2. The van der Waals surface area contributed by atoms with Crippen LogP contribution in [0, 0.1) is 6.92 Å². The van der Waals surface area contributed by atoms with E-state index < -0.39 is 0 Å². The van der Waals surface area contributed by atoms with Gasteiger partial charge in [-0.1, -0.05) is 37.3 Å². The first-order chi connectivity index (χ1) is 14.1. The molecule has 5 heteroatoms. The molecule has 1 amide bonds. The molecule has 1 saturated carbocycles. The number of hydrogen-bond donors (Lipinski definition) is 0. The van der Waals surface area contributed by atoms with E-state index in [0.717, 1.165) is 50.6 Å². The Balaban J connectivity index is 1.41. The quantitative estimate of drug-likeness (QED) is 0.723. The highest BCUT2D eigenvalue weighted by molar-refractivity contribution is 5.93. The van der Waals surface area contributed by atoms with E-state index in [0.29, 0.717) is 6.42 Å². The molecule has 2 aromatic rings. The number of amides is 1. The van der Waals surface area contributed by atoms with E-state index in [1.165, 1.54) is 18.4 Å². The number of nitrogens with zero attached hydrogens (tertiary/aromatic N) is 4. The zero-order chi connectivity index (χ0) is 20.3. The molecule has 29 heavy (non-hydrogen) atoms. The second-order valence-electron chi connectivity index (χ2n) is 8.41. The SMILES string of the molecule is CCC(=O)N(CC1(N2CCN(Cc3ccccc3)CC2)CC1)c1cccnc1C. The van der Waals surface area contributed by atoms with Crippen molar-refractivity contribution in [2.24, 2.45) is 0 Å². The summed E-state index contributed by atoms with van der Waals surface area (Å²) in [6.07, 6.45) is 4.68. The number of benzene rings is 1. The van der Waals surface area contributed by atoms with Crippen molar-refractivity contribution in [3.05, 3.63) is 59.9 Å². The van der Waals surface area contributed by atoms with Crippen LogP contribution in [-0.2, 0) is 11.3 Å². The Morgan fingerprint density at radius 1 is 1.07 bits per heavy atom. The number of pyridine rings is 1. The minimum absolute atomic E-state index is 0.145. The zero-order valence-electron chi connectivity index (χ0n) is 17.7. The summed E-state index contributed by atoms with van der Waals surface area (Å²) >= 11 is 0. The molecule has 1 aromatic carbocycles. The predicted molar refractivity (Wildman–Crippen MR) is 117 cm³/mol. The number of carbonyl (C=O) groups excluding carboxylic acids is 1. The summed E-state index contributed by atoms with van der Waals surface area (Å²) < 4.78 is 0. The lowest BCUT2D eigenvalue weighted by molar-refractivity contribution is -0.118. The van der Waals surface area contributed by atoms with Crippen LogP contribution < -0.4 is 4.90 Å². The van der Waals surface area contributed by atoms with E-state index in [1.54, 1.807) is 6.20 Å². The molecule has 154 valence electrons. The van der Waals surface area contributed by atoms with E-state index in [4.69, 9.17) is 0 Å². The van der Waals surface area contributed by atoms with Crippen LogP contribution >= 0.6 is 0 Å². The summed E-state index contributed by atoms with van der Waals surface area (Å²) in [5, 5.41) is 0. The second-order valence-corrected chi connectivity index (χ2v) is 8.41. The summed E-state index contributed by atoms with van der Waals surface area (Å²) in [5.74, 6) is 0.190. The first-order valence-electron chi connectivity index (χ1n) is 10.8. The van der Waals surface area contributed by atoms with Gasteiger partial charge in [-0.15, -0.1) is 0 Å². The van der Waals surface area contributed by atoms with Crippen LogP contribution in [0.4, 0.5) is 5.69 Å². The Hall–Kier alpha value is -2.24. The molecular formula is C24H32N4O. The van der Waals surface area contributed by atoms with Crippen molar-refractivity contribution in [2.75, 3.05) is 37.6 Å². The van der Waals surface area contributed by atoms with E-state index in [-0.39, 0.29) is 11.4 Å². The number of anilines is 1. The molecule has 0 N–H and O–H groups in total. The van der Waals surface area contributed by atoms with Crippen LogP contribution in [0.2, 0.25) is 0 Å². The van der Waals surface area contributed by atoms with Gasteiger partial charge in [0.2, 0.25) is 5.91 Å². The van der Waals surface area contributed by atoms with Crippen LogP contribution in [0.15, 0.2) is 48.7 Å². The van der Waals surface area contributed by atoms with Crippen molar-refractivity contribution < 1.29 is 4.79 Å². The highest BCUT2D eigenvalue weighted by Crippen LogP contribution is 2.44. The van der Waals surface area contributed by atoms with Crippen LogP contribution in [0.1, 0.15) is 37.4 Å². The van der Waals surface area contributed by atoms with E-state index in [9.17, 15) is 4.79 Å². The third-order valence-electron chi connectivity index (χ3n) is 6.45. The van der Waals surface area contributed by atoms with Gasteiger partial charge in [0, 0.05) is 57.4 Å². The first-order valence-corrected chi connectivity index (χ1v) is 10.8. The van der Waals surface area contributed by atoms with Gasteiger partial charge in [-0.2, -0.15) is 0 Å². The Morgan fingerprint density at radius 2 is 1.79 bits per heavy atom. The first kappa shape index (κ1) is 20.0. The van der Waals surface area contributed by atoms with Gasteiger partial charge in [0.25, 0.3) is 0 Å². The molecule has 0 spiro atoms. The average Bonchev–Trinajstić information content (AvgIpc) is 3.54. The van der Waals surface area contributed by atoms with E-state index in [1.807, 2.05) is 30.9 Å². The lowest BCUT2D eigenvalue weighted by Crippen LogP contribution is -2.55. The van der Waals surface area contributed by atoms with Gasteiger partial charge in [0.1, 0.15) is 0 Å². The van der Waals surface area contributed by atoms with Gasteiger partial charge in [0.15, 0.2) is 0 Å². The monoisotopic (exact) mass is 392 g/mol. The Labute approximate surface area is 174 Å². The fraction of sp³-hybridized carbons (Fsp3) is 0.500. The smallest absolute Gasteiger partial charge is 0.226 e. The van der Waals surface area contributed by atoms with E-state index in [2.05, 4.69) is 45.1 Å². The normalized spacial score (nSPS) is 19.1. The summed E-state index contributed by atoms with van der Waals surface area (Å²) in [6, 6.07) is 14.7. The molecule has 0 unspecified atom stereocenters. The van der Waals surface area contributed by atoms with Gasteiger partial charge in [-0.05, 0) is 37.5 Å². The molecule has 0 bridgehead atoms. The lowest BCUT2D eigenvalue weighted by atomic mass is 10.1. The number of rotatable bonds is 7. The molecule has 2 heterocycles. The van der Waals surface area contributed by atoms with Crippen molar-refractivity contribution in [3.63, 3.8) is 0 Å². The molecule has 5 nitrogen and oxygen atoms in total. The fourth-order valence-corrected chi connectivity index (χ4v) is 4.49. The Bertz CT molecular complexity index is 826. The standard InChI is InChI=1S/C24H32N4O/c1-3-23(29)28(22-10-7-13-25-20(22)2)19-24(11-12-24)27-16-14-26(15-17-27)18-21-8-5-4-6-9-21/h4-10,13H,3,11-12,14-19H2,1-2H3. The van der Waals surface area contributed by atoms with Gasteiger partial charge in [-0.25, -0.2) is 0 Å². The molecule has 1 saturated heterocycles. The molecule has 1 aromatic heterocycles. The fourth-order valence-electron chi connectivity index (χ4n) is 4.49. The summed E-state index contributed by atoms with van der Waals surface area (Å²) in [4.78, 5) is 24.4. The van der Waals surface area contributed by atoms with Crippen LogP contribution in [0.5, 0.6) is 0 Å². The maximum atomic E-state index is 12.8. The Morgan fingerprint density at radius 3 is 2.41 bits per heavy atom. The van der Waals surface area contributed by atoms with E-state index >= 15 is 0 Å². The second kappa shape index (κ2) is 8.64. The molecule has 0 radical (unpaired) electrons.